The summed E-state index contributed by atoms with van der Waals surface area (Å²) >= 11 is 0. The first kappa shape index (κ1) is 7.43. The van der Waals surface area contributed by atoms with Gasteiger partial charge in [0.1, 0.15) is 0 Å². The molecule has 0 amide bonds. The van der Waals surface area contributed by atoms with Gasteiger partial charge in [0.15, 0.2) is 5.90 Å². The third-order valence-corrected chi connectivity index (χ3v) is 0.706. The second-order valence-corrected chi connectivity index (χ2v) is 1.87. The van der Waals surface area contributed by atoms with Gasteiger partial charge in [0.05, 0.1) is 13.7 Å². The van der Waals surface area contributed by atoms with Crippen molar-refractivity contribution in [2.75, 3.05) is 27.7 Å². The van der Waals surface area contributed by atoms with Gasteiger partial charge in [-0.1, -0.05) is 0 Å². The smallest absolute Gasteiger partial charge is 0.194 e. The number of ether oxygens (including phenoxy) is 1. The Balaban J connectivity index is 3.25. The van der Waals surface area contributed by atoms with E-state index in [9.17, 15) is 0 Å². The monoisotopic (exact) mass is 116 g/mol. The van der Waals surface area contributed by atoms with Crippen LogP contribution in [0.3, 0.4) is 0 Å². The molecule has 3 nitrogen and oxygen atoms in total. The molecule has 48 valence electrons. The van der Waals surface area contributed by atoms with E-state index in [-0.39, 0.29) is 0 Å². The van der Waals surface area contributed by atoms with Crippen LogP contribution in [0.25, 0.3) is 0 Å². The number of likely N-dealkylation sites (N-methyl/N-ethyl adjacent to an activating group) is 1. The maximum atomic E-state index is 7.00. The molecule has 0 radical (unpaired) electrons. The molecule has 0 aliphatic carbocycles. The van der Waals surface area contributed by atoms with Crippen LogP contribution in [0.2, 0.25) is 0 Å². The van der Waals surface area contributed by atoms with Crippen molar-refractivity contribution in [1.82, 2.24) is 4.90 Å². The molecule has 0 atom stereocenters. The van der Waals surface area contributed by atoms with Crippen molar-refractivity contribution in [3.63, 3.8) is 0 Å². The maximum Gasteiger partial charge on any atom is 0.194 e. The van der Waals surface area contributed by atoms with Crippen molar-refractivity contribution in [1.29, 1.82) is 5.41 Å². The first-order chi connectivity index (χ1) is 3.66. The van der Waals surface area contributed by atoms with Crippen LogP contribution in [0.1, 0.15) is 0 Å². The van der Waals surface area contributed by atoms with Gasteiger partial charge in [-0.2, -0.15) is 0 Å². The Labute approximate surface area is 49.8 Å². The van der Waals surface area contributed by atoms with Crippen LogP contribution in [-0.4, -0.2) is 38.5 Å². The van der Waals surface area contributed by atoms with Crippen LogP contribution < -0.4 is 0 Å². The van der Waals surface area contributed by atoms with Gasteiger partial charge < -0.3 is 9.64 Å². The molecule has 0 aliphatic heterocycles. The third-order valence-electron chi connectivity index (χ3n) is 0.706. The fourth-order valence-electron chi connectivity index (χ4n) is 0.352. The third kappa shape index (κ3) is 3.61. The summed E-state index contributed by atoms with van der Waals surface area (Å²) in [6.07, 6.45) is 0. The van der Waals surface area contributed by atoms with Crippen molar-refractivity contribution in [2.24, 2.45) is 0 Å². The highest BCUT2D eigenvalue weighted by molar-refractivity contribution is 5.74. The van der Waals surface area contributed by atoms with Crippen LogP contribution in [0, 0.1) is 5.41 Å². The lowest BCUT2D eigenvalue weighted by molar-refractivity contribution is 0.352. The predicted molar refractivity (Wildman–Crippen MR) is 33.3 cm³/mol. The van der Waals surface area contributed by atoms with Crippen molar-refractivity contribution < 1.29 is 4.74 Å². The normalized spacial score (nSPS) is 9.50. The summed E-state index contributed by atoms with van der Waals surface area (Å²) in [6, 6.07) is 0. The molecule has 0 aromatic carbocycles. The fraction of sp³-hybridized carbons (Fsp3) is 0.800. The second kappa shape index (κ2) is 3.43. The van der Waals surface area contributed by atoms with E-state index in [0.29, 0.717) is 12.4 Å². The average Bonchev–Trinajstić information content (AvgIpc) is 1.65. The Kier molecular flexibility index (Phi) is 3.19. The molecule has 0 heterocycles. The number of nitrogens with zero attached hydrogens (tertiary/aromatic N) is 1. The lowest BCUT2D eigenvalue weighted by Gasteiger charge is -2.07. The molecule has 0 saturated carbocycles. The Morgan fingerprint density at radius 2 is 2.12 bits per heavy atom. The second-order valence-electron chi connectivity index (χ2n) is 1.87. The molecule has 0 rings (SSSR count). The van der Waals surface area contributed by atoms with Gasteiger partial charge >= 0.3 is 0 Å². The fourth-order valence-corrected chi connectivity index (χ4v) is 0.352. The van der Waals surface area contributed by atoms with Gasteiger partial charge in [-0.15, -0.1) is 0 Å². The van der Waals surface area contributed by atoms with Crippen LogP contribution in [-0.2, 0) is 4.74 Å². The molecular formula is C5H12N2O. The Bertz CT molecular complexity index is 80.5. The molecule has 0 aromatic rings. The van der Waals surface area contributed by atoms with E-state index in [1.807, 2.05) is 19.0 Å². The molecule has 0 saturated heterocycles. The zero-order valence-electron chi connectivity index (χ0n) is 5.56. The van der Waals surface area contributed by atoms with Gasteiger partial charge in [-0.3, -0.25) is 5.41 Å². The van der Waals surface area contributed by atoms with Crippen molar-refractivity contribution >= 4 is 5.90 Å². The first-order valence-electron chi connectivity index (χ1n) is 2.43. The minimum absolute atomic E-state index is 0.301. The SMILES string of the molecule is COC(=N)CN(C)C. The average molecular weight is 116 g/mol. The van der Waals surface area contributed by atoms with Crippen LogP contribution in [0.15, 0.2) is 0 Å². The van der Waals surface area contributed by atoms with Crippen molar-refractivity contribution in [3.05, 3.63) is 0 Å². The lowest BCUT2D eigenvalue weighted by Crippen LogP contribution is -2.21. The number of hydrogen-bond donors (Lipinski definition) is 1. The number of rotatable bonds is 2. The highest BCUT2D eigenvalue weighted by Crippen LogP contribution is 1.76. The molecule has 0 fully saturated rings. The standard InChI is InChI=1S/C5H12N2O/c1-7(2)4-5(6)8-3/h6H,4H2,1-3H3. The highest BCUT2D eigenvalue weighted by Gasteiger charge is 1.93. The summed E-state index contributed by atoms with van der Waals surface area (Å²) < 4.78 is 4.60. The Hall–Kier alpha value is -0.570. The zero-order valence-corrected chi connectivity index (χ0v) is 5.56. The summed E-state index contributed by atoms with van der Waals surface area (Å²) in [5.41, 5.74) is 0. The summed E-state index contributed by atoms with van der Waals surface area (Å²) in [4.78, 5) is 1.88. The van der Waals surface area contributed by atoms with E-state index in [4.69, 9.17) is 5.41 Å². The van der Waals surface area contributed by atoms with Crippen molar-refractivity contribution in [3.8, 4) is 0 Å². The van der Waals surface area contributed by atoms with E-state index in [1.54, 1.807) is 0 Å². The van der Waals surface area contributed by atoms with E-state index in [1.165, 1.54) is 7.11 Å². The van der Waals surface area contributed by atoms with E-state index >= 15 is 0 Å². The summed E-state index contributed by atoms with van der Waals surface area (Å²) in [6.45, 7) is 0.580. The van der Waals surface area contributed by atoms with Crippen molar-refractivity contribution in [2.45, 2.75) is 0 Å². The van der Waals surface area contributed by atoms with Crippen LogP contribution >= 0.6 is 0 Å². The minimum atomic E-state index is 0.301. The van der Waals surface area contributed by atoms with Crippen LogP contribution in [0.4, 0.5) is 0 Å². The molecule has 0 bridgehead atoms. The number of hydrogen-bond acceptors (Lipinski definition) is 3. The highest BCUT2D eigenvalue weighted by atomic mass is 16.5. The summed E-state index contributed by atoms with van der Waals surface area (Å²) in [5, 5.41) is 7.00. The molecule has 0 aliphatic rings. The predicted octanol–water partition coefficient (Wildman–Crippen LogP) is 0.172. The number of nitrogens with one attached hydrogen (secondary N) is 1. The Morgan fingerprint density at radius 3 is 2.25 bits per heavy atom. The molecule has 8 heavy (non-hydrogen) atoms. The quantitative estimate of drug-likeness (QED) is 0.412. The van der Waals surface area contributed by atoms with Gasteiger partial charge in [0.25, 0.3) is 0 Å². The van der Waals surface area contributed by atoms with Crippen LogP contribution in [0.5, 0.6) is 0 Å². The van der Waals surface area contributed by atoms with E-state index in [0.717, 1.165) is 0 Å². The maximum absolute atomic E-state index is 7.00. The molecule has 0 aromatic heterocycles. The summed E-state index contributed by atoms with van der Waals surface area (Å²) in [5.74, 6) is 0.301. The van der Waals surface area contributed by atoms with Gasteiger partial charge in [-0.05, 0) is 14.1 Å². The molecular weight excluding hydrogens is 104 g/mol. The minimum Gasteiger partial charge on any atom is -0.484 e. The van der Waals surface area contributed by atoms with E-state index in [2.05, 4.69) is 4.74 Å². The van der Waals surface area contributed by atoms with Gasteiger partial charge in [-0.25, -0.2) is 0 Å². The molecule has 3 heteroatoms. The van der Waals surface area contributed by atoms with Gasteiger partial charge in [0.2, 0.25) is 0 Å². The number of methoxy groups -OCH3 is 1. The lowest BCUT2D eigenvalue weighted by atomic mass is 10.6. The molecule has 1 N–H and O–H groups in total. The molecule has 0 spiro atoms. The summed E-state index contributed by atoms with van der Waals surface area (Å²) in [7, 11) is 5.30. The van der Waals surface area contributed by atoms with E-state index < -0.39 is 0 Å². The first-order valence-corrected chi connectivity index (χ1v) is 2.43. The largest absolute Gasteiger partial charge is 0.484 e. The molecule has 0 unspecified atom stereocenters. The topological polar surface area (TPSA) is 36.3 Å². The Morgan fingerprint density at radius 1 is 1.62 bits per heavy atom. The zero-order chi connectivity index (χ0) is 6.57. The van der Waals surface area contributed by atoms with Gasteiger partial charge in [0, 0.05) is 0 Å².